The molecule has 0 heterocycles. The molecule has 0 atom stereocenters. The summed E-state index contributed by atoms with van der Waals surface area (Å²) in [5.74, 6) is 0.884. The minimum Gasteiger partial charge on any atom is -0.504 e. The molecule has 2 N–H and O–H groups in total. The molecule has 0 saturated carbocycles. The highest BCUT2D eigenvalue weighted by Crippen LogP contribution is 2.27. The van der Waals surface area contributed by atoms with Gasteiger partial charge in [-0.25, -0.2) is 0 Å². The first-order chi connectivity index (χ1) is 18.7. The van der Waals surface area contributed by atoms with Crippen molar-refractivity contribution < 1.29 is 29.4 Å². The van der Waals surface area contributed by atoms with Crippen LogP contribution in [0.1, 0.15) is 17.5 Å². The number of hydrogen-bond acceptors (Lipinski definition) is 10. The van der Waals surface area contributed by atoms with Crippen molar-refractivity contribution in [1.29, 1.82) is 0 Å². The number of rotatable bonds is 16. The number of phenols is 2. The molecule has 10 nitrogen and oxygen atoms in total. The summed E-state index contributed by atoms with van der Waals surface area (Å²) in [4.78, 5) is 15.2. The molecule has 0 fully saturated rings. The van der Waals surface area contributed by atoms with E-state index in [-0.39, 0.29) is 11.5 Å². The lowest BCUT2D eigenvalue weighted by Crippen LogP contribution is -2.18. The smallest absolute Gasteiger partial charge is 0.161 e. The van der Waals surface area contributed by atoms with Crippen molar-refractivity contribution in [3.05, 3.63) is 59.7 Å². The number of allylic oxidation sites excluding steroid dienone is 2. The van der Waals surface area contributed by atoms with Gasteiger partial charge < -0.3 is 39.2 Å². The van der Waals surface area contributed by atoms with Gasteiger partial charge in [-0.15, -0.1) is 0 Å². The summed E-state index contributed by atoms with van der Waals surface area (Å²) in [5, 5.41) is 28.5. The van der Waals surface area contributed by atoms with Gasteiger partial charge in [-0.3, -0.25) is 0 Å². The van der Waals surface area contributed by atoms with E-state index < -0.39 is 0 Å². The Labute approximate surface area is 231 Å². The highest BCUT2D eigenvalue weighted by Gasteiger charge is 2.07. The molecule has 2 aromatic carbocycles. The van der Waals surface area contributed by atoms with Crippen molar-refractivity contribution in [1.82, 2.24) is 9.80 Å². The first-order valence-electron chi connectivity index (χ1n) is 12.5. The Bertz CT molecular complexity index is 1070. The van der Waals surface area contributed by atoms with Crippen LogP contribution in [0, 0.1) is 0 Å². The third-order valence-electron chi connectivity index (χ3n) is 5.33. The van der Waals surface area contributed by atoms with Gasteiger partial charge in [0, 0.05) is 19.5 Å². The molecule has 0 aliphatic heterocycles. The summed E-state index contributed by atoms with van der Waals surface area (Å²) >= 11 is 0. The van der Waals surface area contributed by atoms with E-state index in [1.54, 1.807) is 36.4 Å². The molecule has 0 unspecified atom stereocenters. The van der Waals surface area contributed by atoms with Gasteiger partial charge in [0.05, 0.1) is 25.6 Å². The average Bonchev–Trinajstić information content (AvgIpc) is 2.91. The first kappa shape index (κ1) is 31.2. The maximum absolute atomic E-state index is 9.90. The van der Waals surface area contributed by atoms with Crippen LogP contribution >= 0.6 is 0 Å². The zero-order valence-corrected chi connectivity index (χ0v) is 23.6. The van der Waals surface area contributed by atoms with Crippen molar-refractivity contribution in [3.8, 4) is 23.0 Å². The first-order valence-corrected chi connectivity index (χ1v) is 12.5. The lowest BCUT2D eigenvalue weighted by Gasteiger charge is -2.10. The van der Waals surface area contributed by atoms with Crippen LogP contribution in [0.2, 0.25) is 0 Å². The molecule has 0 spiro atoms. The lowest BCUT2D eigenvalue weighted by atomic mass is 10.1. The van der Waals surface area contributed by atoms with Gasteiger partial charge in [0.25, 0.3) is 0 Å². The minimum atomic E-state index is 0.0656. The Morgan fingerprint density at radius 1 is 0.718 bits per heavy atom. The Kier molecular flexibility index (Phi) is 13.4. The normalized spacial score (nSPS) is 12.6. The second kappa shape index (κ2) is 16.7. The lowest BCUT2D eigenvalue weighted by molar-refractivity contribution is 0.124. The predicted octanol–water partition coefficient (Wildman–Crippen LogP) is 4.10. The third kappa shape index (κ3) is 11.9. The number of phenolic OH excluding ortho intramolecular Hbond substituents is 2. The summed E-state index contributed by atoms with van der Waals surface area (Å²) in [6.45, 7) is 2.28. The van der Waals surface area contributed by atoms with Gasteiger partial charge in [0.15, 0.2) is 23.0 Å². The number of nitrogens with zero attached hydrogens (tertiary/aromatic N) is 4. The van der Waals surface area contributed by atoms with Gasteiger partial charge >= 0.3 is 0 Å². The van der Waals surface area contributed by atoms with E-state index in [2.05, 4.69) is 10.3 Å². The molecule has 2 aromatic rings. The number of likely N-dealkylation sites (N-methyl/N-ethyl adjacent to an activating group) is 2. The van der Waals surface area contributed by atoms with Crippen LogP contribution in [0.4, 0.5) is 0 Å². The Balaban J connectivity index is 2.33. The summed E-state index contributed by atoms with van der Waals surface area (Å²) in [6, 6.07) is 10.2. The van der Waals surface area contributed by atoms with Gasteiger partial charge in [-0.2, -0.15) is 0 Å². The second-order valence-electron chi connectivity index (χ2n) is 9.14. The third-order valence-corrected chi connectivity index (χ3v) is 5.33. The van der Waals surface area contributed by atoms with Crippen LogP contribution in [-0.2, 0) is 9.68 Å². The average molecular weight is 541 g/mol. The number of ether oxygens (including phenoxy) is 2. The monoisotopic (exact) mass is 540 g/mol. The molecule has 10 heteroatoms. The van der Waals surface area contributed by atoms with Crippen molar-refractivity contribution in [2.24, 2.45) is 10.3 Å². The molecule has 0 saturated heterocycles. The predicted molar refractivity (Wildman–Crippen MR) is 156 cm³/mol. The standard InChI is InChI=1S/C29H40N4O6/c1-32(2)15-17-38-30-24(11-7-22-9-13-26(34)28(19-22)36-5)21-25(31-39-18-16-33(3)4)12-8-23-10-14-27(35)29(20-23)37-6/h7-14,19-20,34-35H,15-18,21H2,1-6H3/b11-7+,12-8+,30-24+,31-25+. The van der Waals surface area contributed by atoms with E-state index in [4.69, 9.17) is 19.1 Å². The van der Waals surface area contributed by atoms with E-state index in [1.165, 1.54) is 14.2 Å². The molecule has 0 radical (unpaired) electrons. The minimum absolute atomic E-state index is 0.0656. The highest BCUT2D eigenvalue weighted by atomic mass is 16.6. The van der Waals surface area contributed by atoms with Crippen LogP contribution in [0.3, 0.4) is 0 Å². The SMILES string of the molecule is COc1cc(/C=C/C(CC(/C=C/c2ccc(O)c(OC)c2)=N/OCCN(C)C)=N\OCCN(C)C)ccc1O. The van der Waals surface area contributed by atoms with Crippen LogP contribution in [0.15, 0.2) is 58.9 Å². The topological polar surface area (TPSA) is 109 Å². The molecule has 2 rings (SSSR count). The molecule has 0 aliphatic rings. The fourth-order valence-electron chi connectivity index (χ4n) is 3.11. The van der Waals surface area contributed by atoms with Crippen LogP contribution in [0.5, 0.6) is 23.0 Å². The number of oxime groups is 2. The van der Waals surface area contributed by atoms with Crippen LogP contribution in [-0.4, -0.2) is 100 Å². The zero-order valence-electron chi connectivity index (χ0n) is 23.6. The number of aromatic hydroxyl groups is 2. The quantitative estimate of drug-likeness (QED) is 0.186. The molecule has 39 heavy (non-hydrogen) atoms. The molecule has 0 bridgehead atoms. The van der Waals surface area contributed by atoms with Crippen molar-refractivity contribution in [2.75, 3.05) is 68.7 Å². The molecule has 212 valence electrons. The largest absolute Gasteiger partial charge is 0.504 e. The Hall–Kier alpha value is -4.02. The number of hydrogen-bond donors (Lipinski definition) is 2. The van der Waals surface area contributed by atoms with E-state index in [0.717, 1.165) is 11.1 Å². The van der Waals surface area contributed by atoms with Gasteiger partial charge in [0.1, 0.15) is 13.2 Å². The van der Waals surface area contributed by atoms with Crippen molar-refractivity contribution in [3.63, 3.8) is 0 Å². The molecule has 0 amide bonds. The summed E-state index contributed by atoms with van der Waals surface area (Å²) in [6.07, 6.45) is 7.69. The fraction of sp³-hybridized carbons (Fsp3) is 0.379. The maximum atomic E-state index is 9.90. The van der Waals surface area contributed by atoms with Gasteiger partial charge in [0.2, 0.25) is 0 Å². The molecular formula is C29H40N4O6. The van der Waals surface area contributed by atoms with E-state index in [9.17, 15) is 10.2 Å². The molecule has 0 aromatic heterocycles. The fourth-order valence-corrected chi connectivity index (χ4v) is 3.11. The number of methoxy groups -OCH3 is 2. The Morgan fingerprint density at radius 2 is 1.13 bits per heavy atom. The van der Waals surface area contributed by atoms with E-state index >= 15 is 0 Å². The number of benzene rings is 2. The Morgan fingerprint density at radius 3 is 1.49 bits per heavy atom. The second-order valence-corrected chi connectivity index (χ2v) is 9.14. The molecule has 0 aliphatic carbocycles. The highest BCUT2D eigenvalue weighted by molar-refractivity contribution is 6.15. The summed E-state index contributed by atoms with van der Waals surface area (Å²) < 4.78 is 10.4. The van der Waals surface area contributed by atoms with Crippen molar-refractivity contribution >= 4 is 23.6 Å². The van der Waals surface area contributed by atoms with Gasteiger partial charge in [-0.1, -0.05) is 34.6 Å². The van der Waals surface area contributed by atoms with Gasteiger partial charge in [-0.05, 0) is 75.7 Å². The van der Waals surface area contributed by atoms with E-state index in [0.29, 0.717) is 55.6 Å². The summed E-state index contributed by atoms with van der Waals surface area (Å²) in [7, 11) is 10.9. The maximum Gasteiger partial charge on any atom is 0.161 e. The zero-order chi connectivity index (χ0) is 28.6. The van der Waals surface area contributed by atoms with Crippen LogP contribution < -0.4 is 9.47 Å². The molecular weight excluding hydrogens is 500 g/mol. The van der Waals surface area contributed by atoms with Crippen molar-refractivity contribution in [2.45, 2.75) is 6.42 Å². The van der Waals surface area contributed by atoms with E-state index in [1.807, 2.05) is 62.3 Å². The summed E-state index contributed by atoms with van der Waals surface area (Å²) in [5.41, 5.74) is 2.86. The van der Waals surface area contributed by atoms with Crippen LogP contribution in [0.25, 0.3) is 12.2 Å².